The topological polar surface area (TPSA) is 46.2 Å². The molecule has 0 atom stereocenters. The van der Waals surface area contributed by atoms with E-state index in [9.17, 15) is 8.42 Å². The fourth-order valence-electron chi connectivity index (χ4n) is 1.99. The maximum absolute atomic E-state index is 11.5. The lowest BCUT2D eigenvalue weighted by Gasteiger charge is -2.34. The van der Waals surface area contributed by atoms with Crippen LogP contribution >= 0.6 is 15.9 Å². The molecule has 0 aliphatic heterocycles. The summed E-state index contributed by atoms with van der Waals surface area (Å²) in [7, 11) is -1.60. The van der Waals surface area contributed by atoms with Crippen molar-refractivity contribution in [2.75, 3.05) is 7.05 Å². The molecule has 0 bridgehead atoms. The van der Waals surface area contributed by atoms with E-state index in [0.717, 1.165) is 17.3 Å². The van der Waals surface area contributed by atoms with E-state index in [4.69, 9.17) is 0 Å². The highest BCUT2D eigenvalue weighted by molar-refractivity contribution is 9.10. The summed E-state index contributed by atoms with van der Waals surface area (Å²) in [6.07, 6.45) is 1.45. The van der Waals surface area contributed by atoms with Crippen molar-refractivity contribution in [3.8, 4) is 0 Å². The molecule has 0 aromatic heterocycles. The Morgan fingerprint density at radius 3 is 2.31 bits per heavy atom. The Morgan fingerprint density at radius 2 is 1.81 bits per heavy atom. The van der Waals surface area contributed by atoms with Crippen LogP contribution in [-0.4, -0.2) is 20.7 Å². The highest BCUT2D eigenvalue weighted by atomic mass is 79.9. The van der Waals surface area contributed by atoms with Crippen LogP contribution in [0.2, 0.25) is 0 Å². The van der Waals surface area contributed by atoms with Crippen molar-refractivity contribution < 1.29 is 8.42 Å². The average molecular weight is 304 g/mol. The fraction of sp³-hybridized carbons (Fsp3) is 0.455. The summed E-state index contributed by atoms with van der Waals surface area (Å²) in [5, 5.41) is -0.217. The summed E-state index contributed by atoms with van der Waals surface area (Å²) >= 11 is 3.38. The molecule has 1 N–H and O–H groups in total. The van der Waals surface area contributed by atoms with Crippen molar-refractivity contribution in [2.45, 2.75) is 24.0 Å². The van der Waals surface area contributed by atoms with E-state index in [1.165, 1.54) is 12.6 Å². The van der Waals surface area contributed by atoms with E-state index in [0.29, 0.717) is 5.92 Å². The zero-order valence-electron chi connectivity index (χ0n) is 8.98. The molecule has 0 radical (unpaired) electrons. The smallest absolute Gasteiger partial charge is 0.214 e. The van der Waals surface area contributed by atoms with Gasteiger partial charge in [-0.25, -0.2) is 13.1 Å². The average Bonchev–Trinajstić information content (AvgIpc) is 2.18. The largest absolute Gasteiger partial charge is 0.218 e. The van der Waals surface area contributed by atoms with Gasteiger partial charge in [0.15, 0.2) is 0 Å². The van der Waals surface area contributed by atoms with Gasteiger partial charge in [-0.05, 0) is 43.5 Å². The third-order valence-corrected chi connectivity index (χ3v) is 5.52. The predicted molar refractivity (Wildman–Crippen MR) is 67.9 cm³/mol. The molecule has 0 spiro atoms. The molecule has 1 aliphatic rings. The number of nitrogens with one attached hydrogen (secondary N) is 1. The molecule has 16 heavy (non-hydrogen) atoms. The van der Waals surface area contributed by atoms with Crippen molar-refractivity contribution in [3.63, 3.8) is 0 Å². The maximum Gasteiger partial charge on any atom is 0.214 e. The monoisotopic (exact) mass is 303 g/mol. The van der Waals surface area contributed by atoms with E-state index < -0.39 is 10.0 Å². The van der Waals surface area contributed by atoms with Crippen molar-refractivity contribution in [1.82, 2.24) is 4.72 Å². The van der Waals surface area contributed by atoms with Crippen LogP contribution in [-0.2, 0) is 10.0 Å². The van der Waals surface area contributed by atoms with Crippen LogP contribution in [0, 0.1) is 0 Å². The lowest BCUT2D eigenvalue weighted by molar-refractivity contribution is 0.408. The van der Waals surface area contributed by atoms with Crippen LogP contribution in [0.1, 0.15) is 24.3 Å². The second kappa shape index (κ2) is 4.47. The summed E-state index contributed by atoms with van der Waals surface area (Å²) in [6, 6.07) is 8.10. The summed E-state index contributed by atoms with van der Waals surface area (Å²) in [5.41, 5.74) is 1.23. The number of sulfonamides is 1. The van der Waals surface area contributed by atoms with Gasteiger partial charge in [-0.1, -0.05) is 28.1 Å². The van der Waals surface area contributed by atoms with Crippen LogP contribution < -0.4 is 4.72 Å². The second-order valence-electron chi connectivity index (χ2n) is 4.09. The highest BCUT2D eigenvalue weighted by Crippen LogP contribution is 2.40. The first-order chi connectivity index (χ1) is 7.53. The molecule has 0 amide bonds. The van der Waals surface area contributed by atoms with Gasteiger partial charge in [-0.15, -0.1) is 0 Å². The summed E-state index contributed by atoms with van der Waals surface area (Å²) in [4.78, 5) is 0. The standard InChI is InChI=1S/C11H14BrNO2S/c1-13-16(14,15)11-6-9(7-11)8-2-4-10(12)5-3-8/h2-5,9,11,13H,6-7H2,1H3. The summed E-state index contributed by atoms with van der Waals surface area (Å²) in [5.74, 6) is 0.390. The molecule has 1 aromatic rings. The zero-order chi connectivity index (χ0) is 11.8. The van der Waals surface area contributed by atoms with Gasteiger partial charge >= 0.3 is 0 Å². The molecule has 5 heteroatoms. The normalized spacial score (nSPS) is 25.1. The molecule has 0 unspecified atom stereocenters. The Hall–Kier alpha value is -0.390. The molecule has 0 heterocycles. The minimum Gasteiger partial charge on any atom is -0.218 e. The Balaban J connectivity index is 2.01. The maximum atomic E-state index is 11.5. The second-order valence-corrected chi connectivity index (χ2v) is 7.17. The van der Waals surface area contributed by atoms with Crippen LogP contribution in [0.5, 0.6) is 0 Å². The molecule has 88 valence electrons. The minimum atomic E-state index is -3.07. The Bertz CT molecular complexity index is 463. The van der Waals surface area contributed by atoms with E-state index in [1.807, 2.05) is 12.1 Å². The van der Waals surface area contributed by atoms with Crippen molar-refractivity contribution >= 4 is 26.0 Å². The SMILES string of the molecule is CNS(=O)(=O)C1CC(c2ccc(Br)cc2)C1. The van der Waals surface area contributed by atoms with Gasteiger partial charge in [0.05, 0.1) is 5.25 Å². The minimum absolute atomic E-state index is 0.217. The Labute approximate surface area is 104 Å². The summed E-state index contributed by atoms with van der Waals surface area (Å²) < 4.78 is 26.4. The van der Waals surface area contributed by atoms with E-state index in [1.54, 1.807) is 0 Å². The lowest BCUT2D eigenvalue weighted by Crippen LogP contribution is -2.40. The number of hydrogen-bond donors (Lipinski definition) is 1. The van der Waals surface area contributed by atoms with Gasteiger partial charge in [0.2, 0.25) is 10.0 Å². The van der Waals surface area contributed by atoms with Gasteiger partial charge in [-0.3, -0.25) is 0 Å². The molecule has 1 aliphatic carbocycles. The molecule has 1 saturated carbocycles. The van der Waals surface area contributed by atoms with Crippen LogP contribution in [0.3, 0.4) is 0 Å². The third kappa shape index (κ3) is 2.31. The van der Waals surface area contributed by atoms with Crippen LogP contribution in [0.15, 0.2) is 28.7 Å². The highest BCUT2D eigenvalue weighted by Gasteiger charge is 2.38. The molecular weight excluding hydrogens is 290 g/mol. The number of rotatable bonds is 3. The zero-order valence-corrected chi connectivity index (χ0v) is 11.4. The molecule has 2 rings (SSSR count). The first-order valence-electron chi connectivity index (χ1n) is 5.21. The van der Waals surface area contributed by atoms with E-state index in [-0.39, 0.29) is 5.25 Å². The number of hydrogen-bond acceptors (Lipinski definition) is 2. The number of halogens is 1. The van der Waals surface area contributed by atoms with Crippen LogP contribution in [0.4, 0.5) is 0 Å². The van der Waals surface area contributed by atoms with Crippen molar-refractivity contribution in [3.05, 3.63) is 34.3 Å². The first-order valence-corrected chi connectivity index (χ1v) is 7.54. The summed E-state index contributed by atoms with van der Waals surface area (Å²) in [6.45, 7) is 0. The van der Waals surface area contributed by atoms with Gasteiger partial charge in [0, 0.05) is 4.47 Å². The van der Waals surface area contributed by atoms with Gasteiger partial charge in [0.1, 0.15) is 0 Å². The van der Waals surface area contributed by atoms with Gasteiger partial charge in [0.25, 0.3) is 0 Å². The fourth-order valence-corrected chi connectivity index (χ4v) is 3.56. The van der Waals surface area contributed by atoms with Crippen molar-refractivity contribution in [2.24, 2.45) is 0 Å². The lowest BCUT2D eigenvalue weighted by atomic mass is 9.79. The van der Waals surface area contributed by atoms with Crippen LogP contribution in [0.25, 0.3) is 0 Å². The number of benzene rings is 1. The Morgan fingerprint density at radius 1 is 1.25 bits per heavy atom. The molecule has 1 fully saturated rings. The van der Waals surface area contributed by atoms with Gasteiger partial charge in [-0.2, -0.15) is 0 Å². The first kappa shape index (κ1) is 12.1. The van der Waals surface area contributed by atoms with E-state index >= 15 is 0 Å². The molecule has 0 saturated heterocycles. The quantitative estimate of drug-likeness (QED) is 0.931. The third-order valence-electron chi connectivity index (χ3n) is 3.16. The molecule has 1 aromatic carbocycles. The molecular formula is C11H14BrNO2S. The van der Waals surface area contributed by atoms with E-state index in [2.05, 4.69) is 32.8 Å². The van der Waals surface area contributed by atoms with Crippen molar-refractivity contribution in [1.29, 1.82) is 0 Å². The molecule has 3 nitrogen and oxygen atoms in total. The predicted octanol–water partition coefficient (Wildman–Crippen LogP) is 2.24. The van der Waals surface area contributed by atoms with Gasteiger partial charge < -0.3 is 0 Å². The Kier molecular flexibility index (Phi) is 3.37.